The number of rotatable bonds is 8. The third kappa shape index (κ3) is 5.43. The topological polar surface area (TPSA) is 104 Å². The van der Waals surface area contributed by atoms with E-state index < -0.39 is 28.9 Å². The van der Waals surface area contributed by atoms with Crippen LogP contribution in [0.4, 0.5) is 5.69 Å². The lowest BCUT2D eigenvalue weighted by Gasteiger charge is -2.07. The van der Waals surface area contributed by atoms with E-state index in [-0.39, 0.29) is 23.4 Å². The highest BCUT2D eigenvalue weighted by Gasteiger charge is 2.23. The Morgan fingerprint density at radius 3 is 2.41 bits per heavy atom. The number of non-ortho nitro benzene ring substituents is 1. The summed E-state index contributed by atoms with van der Waals surface area (Å²) in [6.45, 7) is 1.72. The van der Waals surface area contributed by atoms with E-state index in [2.05, 4.69) is 0 Å². The number of esters is 1. The summed E-state index contributed by atoms with van der Waals surface area (Å²) in [7, 11) is 0. The minimum atomic E-state index is -0.742. The predicted molar refractivity (Wildman–Crippen MR) is 98.1 cm³/mol. The van der Waals surface area contributed by atoms with Gasteiger partial charge in [-0.1, -0.05) is 42.5 Å². The van der Waals surface area contributed by atoms with Crippen molar-refractivity contribution in [3.8, 4) is 0 Å². The minimum Gasteiger partial charge on any atom is -0.466 e. The average Bonchev–Trinajstić information content (AvgIpc) is 2.66. The molecule has 0 aromatic heterocycles. The standard InChI is InChI=1S/C20H17NO6/c1-2-27-19(23)13-18(22)17(20(24)15-8-4-3-5-9-15)12-14-7-6-10-16(11-14)21(25)26/h3-12H,2,13H2,1H3. The predicted octanol–water partition coefficient (Wildman–Crippen LogP) is 3.38. The Kier molecular flexibility index (Phi) is 6.71. The molecule has 27 heavy (non-hydrogen) atoms. The molecule has 0 saturated heterocycles. The van der Waals surface area contributed by atoms with E-state index >= 15 is 0 Å². The molecule has 0 saturated carbocycles. The number of nitrogens with zero attached hydrogens (tertiary/aromatic N) is 1. The van der Waals surface area contributed by atoms with E-state index in [1.165, 1.54) is 30.3 Å². The number of ether oxygens (including phenoxy) is 1. The van der Waals surface area contributed by atoms with Crippen molar-refractivity contribution in [1.82, 2.24) is 0 Å². The van der Waals surface area contributed by atoms with Crippen molar-refractivity contribution in [2.45, 2.75) is 13.3 Å². The Balaban J connectivity index is 2.44. The first-order valence-corrected chi connectivity index (χ1v) is 8.17. The lowest BCUT2D eigenvalue weighted by atomic mass is 9.96. The van der Waals surface area contributed by atoms with Gasteiger partial charge in [0.15, 0.2) is 11.6 Å². The lowest BCUT2D eigenvalue weighted by molar-refractivity contribution is -0.384. The Morgan fingerprint density at radius 1 is 1.07 bits per heavy atom. The van der Waals surface area contributed by atoms with Gasteiger partial charge < -0.3 is 4.74 Å². The summed E-state index contributed by atoms with van der Waals surface area (Å²) in [4.78, 5) is 47.3. The summed E-state index contributed by atoms with van der Waals surface area (Å²) in [5.41, 5.74) is 0.162. The Labute approximate surface area is 155 Å². The summed E-state index contributed by atoms with van der Waals surface area (Å²) >= 11 is 0. The number of ketones is 2. The zero-order chi connectivity index (χ0) is 19.8. The Bertz CT molecular complexity index is 902. The summed E-state index contributed by atoms with van der Waals surface area (Å²) in [6.07, 6.45) is 0.664. The zero-order valence-corrected chi connectivity index (χ0v) is 14.6. The maximum Gasteiger partial charge on any atom is 0.313 e. The molecule has 0 bridgehead atoms. The van der Waals surface area contributed by atoms with Crippen molar-refractivity contribution < 1.29 is 24.0 Å². The second kappa shape index (κ2) is 9.19. The minimum absolute atomic E-state index is 0.114. The molecule has 2 aromatic carbocycles. The van der Waals surface area contributed by atoms with Crippen LogP contribution in [-0.4, -0.2) is 29.1 Å². The first kappa shape index (κ1) is 19.7. The second-order valence-corrected chi connectivity index (χ2v) is 5.51. The molecule has 0 spiro atoms. The van der Waals surface area contributed by atoms with E-state index in [0.29, 0.717) is 5.56 Å². The van der Waals surface area contributed by atoms with Crippen LogP contribution in [0.5, 0.6) is 0 Å². The van der Waals surface area contributed by atoms with E-state index in [1.807, 2.05) is 0 Å². The monoisotopic (exact) mass is 367 g/mol. The van der Waals surface area contributed by atoms with Crippen molar-refractivity contribution in [3.63, 3.8) is 0 Å². The fourth-order valence-electron chi connectivity index (χ4n) is 2.35. The third-order valence-corrected chi connectivity index (χ3v) is 3.58. The Morgan fingerprint density at radius 2 is 1.78 bits per heavy atom. The van der Waals surface area contributed by atoms with Crippen LogP contribution >= 0.6 is 0 Å². The van der Waals surface area contributed by atoms with Crippen LogP contribution in [0.15, 0.2) is 60.2 Å². The molecule has 0 unspecified atom stereocenters. The van der Waals surface area contributed by atoms with Gasteiger partial charge in [-0.25, -0.2) is 0 Å². The summed E-state index contributed by atoms with van der Waals surface area (Å²) in [5.74, 6) is -2.03. The number of carbonyl (C=O) groups excluding carboxylic acids is 3. The van der Waals surface area contributed by atoms with Crippen LogP contribution in [0, 0.1) is 10.1 Å². The van der Waals surface area contributed by atoms with Gasteiger partial charge in [0.2, 0.25) is 0 Å². The number of benzene rings is 2. The van der Waals surface area contributed by atoms with Gasteiger partial charge in [0.1, 0.15) is 6.42 Å². The van der Waals surface area contributed by atoms with E-state index in [4.69, 9.17) is 4.74 Å². The molecular formula is C20H17NO6. The van der Waals surface area contributed by atoms with Crippen molar-refractivity contribution in [3.05, 3.63) is 81.4 Å². The number of Topliss-reactive ketones (excluding diaryl/α,β-unsaturated/α-hetero) is 2. The fourth-order valence-corrected chi connectivity index (χ4v) is 2.35. The number of nitro groups is 1. The number of hydrogen-bond donors (Lipinski definition) is 0. The summed E-state index contributed by atoms with van der Waals surface area (Å²) in [6, 6.07) is 13.6. The highest BCUT2D eigenvalue weighted by molar-refractivity contribution is 6.30. The van der Waals surface area contributed by atoms with Crippen molar-refractivity contribution in [2.75, 3.05) is 6.61 Å². The highest BCUT2D eigenvalue weighted by atomic mass is 16.6. The molecule has 138 valence electrons. The molecule has 0 aliphatic heterocycles. The van der Waals surface area contributed by atoms with Gasteiger partial charge in [-0.2, -0.15) is 0 Å². The maximum absolute atomic E-state index is 12.8. The number of hydrogen-bond acceptors (Lipinski definition) is 6. The van der Waals surface area contributed by atoms with Gasteiger partial charge in [-0.3, -0.25) is 24.5 Å². The number of nitro benzene ring substituents is 1. The van der Waals surface area contributed by atoms with Crippen LogP contribution < -0.4 is 0 Å². The SMILES string of the molecule is CCOC(=O)CC(=O)C(=Cc1cccc([N+](=O)[O-])c1)C(=O)c1ccccc1. The quantitative estimate of drug-likeness (QED) is 0.135. The maximum atomic E-state index is 12.8. The molecule has 0 aliphatic carbocycles. The molecule has 0 amide bonds. The van der Waals surface area contributed by atoms with Crippen LogP contribution in [0.3, 0.4) is 0 Å². The zero-order valence-electron chi connectivity index (χ0n) is 14.6. The normalized spacial score (nSPS) is 10.9. The molecule has 0 aliphatic rings. The summed E-state index contributed by atoms with van der Waals surface area (Å²) < 4.78 is 4.76. The first-order chi connectivity index (χ1) is 12.9. The van der Waals surface area contributed by atoms with Gasteiger partial charge >= 0.3 is 5.97 Å². The van der Waals surface area contributed by atoms with E-state index in [0.717, 1.165) is 0 Å². The van der Waals surface area contributed by atoms with Crippen LogP contribution in [0.1, 0.15) is 29.3 Å². The molecule has 0 heterocycles. The van der Waals surface area contributed by atoms with E-state index in [1.54, 1.807) is 37.3 Å². The molecule has 0 fully saturated rings. The van der Waals surface area contributed by atoms with Gasteiger partial charge in [0, 0.05) is 17.7 Å². The average molecular weight is 367 g/mol. The van der Waals surface area contributed by atoms with E-state index in [9.17, 15) is 24.5 Å². The molecule has 0 N–H and O–H groups in total. The van der Waals surface area contributed by atoms with Crippen LogP contribution in [0.25, 0.3) is 6.08 Å². The fraction of sp³-hybridized carbons (Fsp3) is 0.150. The number of allylic oxidation sites excluding steroid dienone is 1. The third-order valence-electron chi connectivity index (χ3n) is 3.58. The molecule has 7 nitrogen and oxygen atoms in total. The molecule has 0 atom stereocenters. The molecule has 2 aromatic rings. The van der Waals surface area contributed by atoms with Gasteiger partial charge in [-0.15, -0.1) is 0 Å². The molecular weight excluding hydrogens is 350 g/mol. The van der Waals surface area contributed by atoms with Gasteiger partial charge in [-0.05, 0) is 18.6 Å². The highest BCUT2D eigenvalue weighted by Crippen LogP contribution is 2.19. The molecule has 7 heteroatoms. The van der Waals surface area contributed by atoms with Gasteiger partial charge in [0.05, 0.1) is 17.1 Å². The van der Waals surface area contributed by atoms with Gasteiger partial charge in [0.25, 0.3) is 5.69 Å². The van der Waals surface area contributed by atoms with Crippen LogP contribution in [-0.2, 0) is 14.3 Å². The first-order valence-electron chi connectivity index (χ1n) is 8.17. The second-order valence-electron chi connectivity index (χ2n) is 5.51. The largest absolute Gasteiger partial charge is 0.466 e. The lowest BCUT2D eigenvalue weighted by Crippen LogP contribution is -2.18. The summed E-state index contributed by atoms with van der Waals surface area (Å²) in [5, 5.41) is 10.9. The van der Waals surface area contributed by atoms with Crippen molar-refractivity contribution >= 4 is 29.3 Å². The van der Waals surface area contributed by atoms with Crippen molar-refractivity contribution in [1.29, 1.82) is 0 Å². The Hall–Kier alpha value is -3.61. The molecule has 0 radical (unpaired) electrons. The van der Waals surface area contributed by atoms with Crippen molar-refractivity contribution in [2.24, 2.45) is 0 Å². The van der Waals surface area contributed by atoms with Crippen LogP contribution in [0.2, 0.25) is 0 Å². The smallest absolute Gasteiger partial charge is 0.313 e. The number of carbonyl (C=O) groups is 3. The molecule has 2 rings (SSSR count).